The number of rotatable bonds is 6. The van der Waals surface area contributed by atoms with Gasteiger partial charge in [0.1, 0.15) is 18.2 Å². The number of para-hydroxylation sites is 2. The zero-order valence-corrected chi connectivity index (χ0v) is 21.1. The van der Waals surface area contributed by atoms with Crippen LogP contribution in [-0.4, -0.2) is 40.7 Å². The lowest BCUT2D eigenvalue weighted by Gasteiger charge is -2.40. The van der Waals surface area contributed by atoms with E-state index in [0.29, 0.717) is 11.5 Å². The van der Waals surface area contributed by atoms with Crippen molar-refractivity contribution in [2.24, 2.45) is 0 Å². The molecular formula is C29H38N2O4. The highest BCUT2D eigenvalue weighted by Gasteiger charge is 2.34. The molecule has 2 aliphatic rings. The van der Waals surface area contributed by atoms with Gasteiger partial charge in [-0.25, -0.2) is 9.59 Å². The second kappa shape index (κ2) is 12.1. The van der Waals surface area contributed by atoms with Crippen molar-refractivity contribution >= 4 is 12.2 Å². The molecule has 4 rings (SSSR count). The molecule has 0 bridgehead atoms. The number of nitrogens with zero attached hydrogens (tertiary/aromatic N) is 2. The van der Waals surface area contributed by atoms with Crippen LogP contribution in [0.1, 0.15) is 75.3 Å². The molecule has 0 unspecified atom stereocenters. The molecule has 0 N–H and O–H groups in total. The van der Waals surface area contributed by atoms with Crippen LogP contribution in [0, 0.1) is 13.8 Å². The molecule has 2 aromatic carbocycles. The number of hydrogen-bond acceptors (Lipinski definition) is 4. The monoisotopic (exact) mass is 478 g/mol. The van der Waals surface area contributed by atoms with Crippen molar-refractivity contribution < 1.29 is 19.1 Å². The van der Waals surface area contributed by atoms with Crippen molar-refractivity contribution in [2.45, 2.75) is 90.1 Å². The van der Waals surface area contributed by atoms with Crippen LogP contribution in [0.15, 0.2) is 48.5 Å². The predicted molar refractivity (Wildman–Crippen MR) is 137 cm³/mol. The lowest BCUT2D eigenvalue weighted by molar-refractivity contribution is 0.0471. The Balaban J connectivity index is 1.58. The van der Waals surface area contributed by atoms with E-state index in [-0.39, 0.29) is 18.8 Å². The molecule has 6 nitrogen and oxygen atoms in total. The maximum absolute atomic E-state index is 13.5. The molecule has 2 saturated carbocycles. The minimum Gasteiger partial charge on any atom is -0.410 e. The molecule has 188 valence electrons. The molecule has 35 heavy (non-hydrogen) atoms. The number of carbonyl (C=O) groups is 2. The predicted octanol–water partition coefficient (Wildman–Crippen LogP) is 7.23. The summed E-state index contributed by atoms with van der Waals surface area (Å²) in [5.74, 6) is 1.12. The van der Waals surface area contributed by atoms with Crippen molar-refractivity contribution in [3.8, 4) is 11.5 Å². The van der Waals surface area contributed by atoms with Gasteiger partial charge < -0.3 is 9.47 Å². The van der Waals surface area contributed by atoms with Crippen LogP contribution < -0.4 is 9.47 Å². The van der Waals surface area contributed by atoms with Crippen LogP contribution in [-0.2, 0) is 0 Å². The van der Waals surface area contributed by atoms with Crippen molar-refractivity contribution in [1.29, 1.82) is 0 Å². The van der Waals surface area contributed by atoms with Crippen molar-refractivity contribution in [3.63, 3.8) is 0 Å². The van der Waals surface area contributed by atoms with Gasteiger partial charge in [-0.3, -0.25) is 9.80 Å². The number of ether oxygens (including phenoxy) is 2. The van der Waals surface area contributed by atoms with Gasteiger partial charge in [-0.05, 0) is 62.8 Å². The first kappa shape index (κ1) is 25.1. The number of carbonyl (C=O) groups excluding carboxylic acids is 2. The van der Waals surface area contributed by atoms with E-state index < -0.39 is 12.2 Å². The smallest absolute Gasteiger partial charge is 0.410 e. The Bertz CT molecular complexity index is 916. The Labute approximate surface area is 209 Å². The van der Waals surface area contributed by atoms with Crippen molar-refractivity contribution in [1.82, 2.24) is 9.80 Å². The number of aryl methyl sites for hydroxylation is 2. The highest BCUT2D eigenvalue weighted by atomic mass is 16.6. The molecule has 2 fully saturated rings. The molecule has 6 heteroatoms. The highest BCUT2D eigenvalue weighted by molar-refractivity contribution is 5.74. The van der Waals surface area contributed by atoms with Gasteiger partial charge in [0.15, 0.2) is 0 Å². The van der Waals surface area contributed by atoms with E-state index in [1.807, 2.05) is 62.4 Å². The van der Waals surface area contributed by atoms with Gasteiger partial charge in [-0.1, -0.05) is 74.9 Å². The van der Waals surface area contributed by atoms with Gasteiger partial charge >= 0.3 is 12.2 Å². The number of hydrogen-bond donors (Lipinski definition) is 0. The van der Waals surface area contributed by atoms with E-state index in [4.69, 9.17) is 9.47 Å². The van der Waals surface area contributed by atoms with Crippen LogP contribution in [0.5, 0.6) is 11.5 Å². The van der Waals surface area contributed by atoms with Crippen molar-refractivity contribution in [2.75, 3.05) is 6.67 Å². The van der Waals surface area contributed by atoms with Crippen LogP contribution in [0.2, 0.25) is 0 Å². The van der Waals surface area contributed by atoms with E-state index in [2.05, 4.69) is 0 Å². The number of benzene rings is 2. The Morgan fingerprint density at radius 1 is 0.657 bits per heavy atom. The van der Waals surface area contributed by atoms with Gasteiger partial charge in [0.2, 0.25) is 0 Å². The van der Waals surface area contributed by atoms with Gasteiger partial charge in [0.25, 0.3) is 0 Å². The second-order valence-corrected chi connectivity index (χ2v) is 9.93. The molecular weight excluding hydrogens is 440 g/mol. The third-order valence-electron chi connectivity index (χ3n) is 7.39. The second-order valence-electron chi connectivity index (χ2n) is 9.93. The lowest BCUT2D eigenvalue weighted by atomic mass is 9.93. The summed E-state index contributed by atoms with van der Waals surface area (Å²) in [5.41, 5.74) is 1.82. The molecule has 0 radical (unpaired) electrons. The summed E-state index contributed by atoms with van der Waals surface area (Å²) >= 11 is 0. The third-order valence-corrected chi connectivity index (χ3v) is 7.39. The average Bonchev–Trinajstić information content (AvgIpc) is 2.88. The van der Waals surface area contributed by atoms with E-state index in [9.17, 15) is 9.59 Å². The zero-order chi connectivity index (χ0) is 24.6. The van der Waals surface area contributed by atoms with Crippen LogP contribution in [0.3, 0.4) is 0 Å². The fourth-order valence-electron chi connectivity index (χ4n) is 5.24. The molecule has 0 spiro atoms. The van der Waals surface area contributed by atoms with E-state index >= 15 is 0 Å². The van der Waals surface area contributed by atoms with E-state index in [0.717, 1.165) is 62.5 Å². The fraction of sp³-hybridized carbons (Fsp3) is 0.517. The maximum atomic E-state index is 13.5. The quantitative estimate of drug-likeness (QED) is 0.411. The van der Waals surface area contributed by atoms with E-state index in [1.54, 1.807) is 9.80 Å². The third kappa shape index (κ3) is 6.56. The standard InChI is InChI=1S/C29H38N2O4/c1-22-13-9-11-19-26(22)34-28(32)30(24-15-5-3-6-16-24)21-31(25-17-7-4-8-18-25)29(33)35-27-20-12-10-14-23(27)2/h9-14,19-20,24-25H,3-8,15-18,21H2,1-2H3. The normalized spacial score (nSPS) is 17.0. The maximum Gasteiger partial charge on any atom is 0.416 e. The SMILES string of the molecule is Cc1ccccc1OC(=O)N(CN(C(=O)Oc1ccccc1C)C1CCCCC1)C1CCCCC1. The molecule has 2 amide bonds. The zero-order valence-electron chi connectivity index (χ0n) is 21.1. The first-order valence-corrected chi connectivity index (χ1v) is 13.1. The number of amides is 2. The van der Waals surface area contributed by atoms with Gasteiger partial charge in [0, 0.05) is 12.1 Å². The van der Waals surface area contributed by atoms with Gasteiger partial charge in [-0.15, -0.1) is 0 Å². The van der Waals surface area contributed by atoms with Gasteiger partial charge in [0.05, 0.1) is 0 Å². The Morgan fingerprint density at radius 3 is 1.40 bits per heavy atom. The Hall–Kier alpha value is -3.02. The Morgan fingerprint density at radius 2 is 1.03 bits per heavy atom. The first-order valence-electron chi connectivity index (χ1n) is 13.1. The highest BCUT2D eigenvalue weighted by Crippen LogP contribution is 2.29. The summed E-state index contributed by atoms with van der Waals surface area (Å²) in [7, 11) is 0. The minimum atomic E-state index is -0.393. The molecule has 0 heterocycles. The Kier molecular flexibility index (Phi) is 8.67. The lowest BCUT2D eigenvalue weighted by Crippen LogP contribution is -2.54. The summed E-state index contributed by atoms with van der Waals surface area (Å²) in [5, 5.41) is 0. The summed E-state index contributed by atoms with van der Waals surface area (Å²) in [6, 6.07) is 15.2. The minimum absolute atomic E-state index is 0.0534. The summed E-state index contributed by atoms with van der Waals surface area (Å²) in [6.45, 7) is 4.05. The summed E-state index contributed by atoms with van der Waals surface area (Å²) in [4.78, 5) is 30.6. The van der Waals surface area contributed by atoms with Crippen LogP contribution >= 0.6 is 0 Å². The van der Waals surface area contributed by atoms with Crippen LogP contribution in [0.4, 0.5) is 9.59 Å². The van der Waals surface area contributed by atoms with Crippen molar-refractivity contribution in [3.05, 3.63) is 59.7 Å². The molecule has 2 aromatic rings. The summed E-state index contributed by atoms with van der Waals surface area (Å²) < 4.78 is 11.7. The van der Waals surface area contributed by atoms with E-state index in [1.165, 1.54) is 12.8 Å². The first-order chi connectivity index (χ1) is 17.0. The topological polar surface area (TPSA) is 59.1 Å². The molecule has 2 aliphatic carbocycles. The van der Waals surface area contributed by atoms with Crippen LogP contribution in [0.25, 0.3) is 0 Å². The largest absolute Gasteiger partial charge is 0.416 e. The molecule has 0 aliphatic heterocycles. The molecule has 0 saturated heterocycles. The molecule has 0 aromatic heterocycles. The van der Waals surface area contributed by atoms with Gasteiger partial charge in [-0.2, -0.15) is 0 Å². The average molecular weight is 479 g/mol. The fourth-order valence-corrected chi connectivity index (χ4v) is 5.24. The molecule has 0 atom stereocenters. The summed E-state index contributed by atoms with van der Waals surface area (Å²) in [6.07, 6.45) is 9.59.